The van der Waals surface area contributed by atoms with E-state index in [2.05, 4.69) is 0 Å². The van der Waals surface area contributed by atoms with Crippen molar-refractivity contribution in [3.05, 3.63) is 34.6 Å². The van der Waals surface area contributed by atoms with Gasteiger partial charge in [0.25, 0.3) is 0 Å². The van der Waals surface area contributed by atoms with Crippen LogP contribution in [0.15, 0.2) is 18.2 Å². The Morgan fingerprint density at radius 1 is 1.44 bits per heavy atom. The second-order valence-corrected chi connectivity index (χ2v) is 5.72. The van der Waals surface area contributed by atoms with Gasteiger partial charge in [0.15, 0.2) is 0 Å². The summed E-state index contributed by atoms with van der Waals surface area (Å²) in [5.41, 5.74) is 0.484. The van der Waals surface area contributed by atoms with Crippen molar-refractivity contribution in [1.82, 2.24) is 0 Å². The first-order chi connectivity index (χ1) is 8.63. The molecule has 1 aromatic rings. The lowest BCUT2D eigenvalue weighted by Crippen LogP contribution is -2.31. The van der Waals surface area contributed by atoms with Crippen LogP contribution in [0.5, 0.6) is 0 Å². The first kappa shape index (κ1) is 12.4. The van der Waals surface area contributed by atoms with Crippen LogP contribution in [0.3, 0.4) is 0 Å². The van der Waals surface area contributed by atoms with Crippen LogP contribution in [0.4, 0.5) is 4.39 Å². The maximum absolute atomic E-state index is 13.6. The third kappa shape index (κ3) is 2.27. The highest BCUT2D eigenvalue weighted by Crippen LogP contribution is 2.41. The lowest BCUT2D eigenvalue weighted by molar-refractivity contribution is 0.0428. The molecule has 2 aliphatic rings. The molecule has 0 aliphatic carbocycles. The molecular formula is C14H16ClFO2. The number of fused-ring (bicyclic) bond motifs is 2. The van der Waals surface area contributed by atoms with E-state index in [0.717, 1.165) is 19.3 Å². The van der Waals surface area contributed by atoms with Gasteiger partial charge in [-0.1, -0.05) is 11.6 Å². The van der Waals surface area contributed by atoms with Gasteiger partial charge in [-0.3, -0.25) is 0 Å². The van der Waals surface area contributed by atoms with Gasteiger partial charge in [0.2, 0.25) is 0 Å². The normalized spacial score (nSPS) is 31.8. The largest absolute Gasteiger partial charge is 0.392 e. The summed E-state index contributed by atoms with van der Waals surface area (Å²) in [5, 5.41) is 10.8. The highest BCUT2D eigenvalue weighted by molar-refractivity contribution is 6.30. The number of hydrogen-bond acceptors (Lipinski definition) is 2. The number of hydrogen-bond donors (Lipinski definition) is 1. The Kier molecular flexibility index (Phi) is 3.31. The van der Waals surface area contributed by atoms with Crippen LogP contribution in [0.1, 0.15) is 24.8 Å². The molecule has 2 aliphatic heterocycles. The van der Waals surface area contributed by atoms with Crippen molar-refractivity contribution in [2.75, 3.05) is 0 Å². The van der Waals surface area contributed by atoms with Crippen molar-refractivity contribution in [2.45, 2.75) is 44.0 Å². The number of halogens is 2. The van der Waals surface area contributed by atoms with E-state index in [9.17, 15) is 9.50 Å². The van der Waals surface area contributed by atoms with Gasteiger partial charge in [0.1, 0.15) is 5.82 Å². The summed E-state index contributed by atoms with van der Waals surface area (Å²) >= 11 is 5.85. The molecule has 0 radical (unpaired) electrons. The zero-order valence-corrected chi connectivity index (χ0v) is 10.7. The van der Waals surface area contributed by atoms with E-state index in [1.807, 2.05) is 0 Å². The monoisotopic (exact) mass is 270 g/mol. The molecule has 18 heavy (non-hydrogen) atoms. The molecule has 0 spiro atoms. The summed E-state index contributed by atoms with van der Waals surface area (Å²) in [7, 11) is 0. The molecule has 1 N–H and O–H groups in total. The second kappa shape index (κ2) is 4.80. The smallest absolute Gasteiger partial charge is 0.126 e. The Morgan fingerprint density at radius 2 is 2.28 bits per heavy atom. The third-order valence-corrected chi connectivity index (χ3v) is 4.32. The summed E-state index contributed by atoms with van der Waals surface area (Å²) in [6.45, 7) is 0. The van der Waals surface area contributed by atoms with E-state index >= 15 is 0 Å². The lowest BCUT2D eigenvalue weighted by atomic mass is 9.83. The summed E-state index contributed by atoms with van der Waals surface area (Å²) < 4.78 is 19.3. The van der Waals surface area contributed by atoms with Crippen molar-refractivity contribution in [3.8, 4) is 0 Å². The minimum atomic E-state index is -0.548. The summed E-state index contributed by atoms with van der Waals surface area (Å²) in [6.07, 6.45) is 3.24. The minimum Gasteiger partial charge on any atom is -0.392 e. The van der Waals surface area contributed by atoms with Gasteiger partial charge >= 0.3 is 0 Å². The summed E-state index contributed by atoms with van der Waals surface area (Å²) in [5.74, 6) is -0.162. The van der Waals surface area contributed by atoms with Crippen LogP contribution in [0, 0.1) is 11.7 Å². The Bertz CT molecular complexity index is 451. The number of rotatable bonds is 3. The quantitative estimate of drug-likeness (QED) is 0.915. The molecule has 0 aromatic heterocycles. The van der Waals surface area contributed by atoms with Crippen molar-refractivity contribution < 1.29 is 14.2 Å². The van der Waals surface area contributed by atoms with Gasteiger partial charge in [0.05, 0.1) is 18.3 Å². The predicted molar refractivity (Wildman–Crippen MR) is 67.1 cm³/mol. The van der Waals surface area contributed by atoms with Gasteiger partial charge in [-0.15, -0.1) is 0 Å². The van der Waals surface area contributed by atoms with E-state index in [0.29, 0.717) is 23.1 Å². The molecule has 1 aromatic carbocycles. The van der Waals surface area contributed by atoms with E-state index in [-0.39, 0.29) is 17.8 Å². The highest BCUT2D eigenvalue weighted by Gasteiger charge is 2.43. The van der Waals surface area contributed by atoms with Gasteiger partial charge < -0.3 is 9.84 Å². The molecular weight excluding hydrogens is 255 g/mol. The average molecular weight is 271 g/mol. The molecule has 0 amide bonds. The fourth-order valence-corrected chi connectivity index (χ4v) is 3.35. The van der Waals surface area contributed by atoms with Crippen molar-refractivity contribution in [3.63, 3.8) is 0 Å². The Morgan fingerprint density at radius 3 is 2.94 bits per heavy atom. The topological polar surface area (TPSA) is 29.5 Å². The fourth-order valence-electron chi connectivity index (χ4n) is 3.16. The molecule has 4 atom stereocenters. The van der Waals surface area contributed by atoms with Crippen LogP contribution in [0.25, 0.3) is 0 Å². The van der Waals surface area contributed by atoms with Crippen LogP contribution in [-0.4, -0.2) is 23.4 Å². The highest BCUT2D eigenvalue weighted by atomic mass is 35.5. The van der Waals surface area contributed by atoms with Crippen molar-refractivity contribution >= 4 is 11.6 Å². The van der Waals surface area contributed by atoms with E-state index in [1.54, 1.807) is 6.07 Å². The van der Waals surface area contributed by atoms with E-state index < -0.39 is 6.10 Å². The maximum Gasteiger partial charge on any atom is 0.126 e. The van der Waals surface area contributed by atoms with Gasteiger partial charge in [-0.25, -0.2) is 4.39 Å². The molecule has 2 saturated heterocycles. The molecule has 2 nitrogen and oxygen atoms in total. The fraction of sp³-hybridized carbons (Fsp3) is 0.571. The first-order valence-electron chi connectivity index (χ1n) is 6.41. The molecule has 2 heterocycles. The molecule has 98 valence electrons. The Hall–Kier alpha value is -0.640. The number of ether oxygens (including phenoxy) is 1. The van der Waals surface area contributed by atoms with E-state index in [1.165, 1.54) is 12.1 Å². The lowest BCUT2D eigenvalue weighted by Gasteiger charge is -2.24. The van der Waals surface area contributed by atoms with E-state index in [4.69, 9.17) is 16.3 Å². The Labute approximate surface area is 111 Å². The van der Waals surface area contributed by atoms with Crippen molar-refractivity contribution in [2.24, 2.45) is 5.92 Å². The third-order valence-electron chi connectivity index (χ3n) is 4.08. The van der Waals surface area contributed by atoms with Gasteiger partial charge in [-0.05, 0) is 43.0 Å². The number of aliphatic hydroxyl groups excluding tert-OH is 1. The number of benzene rings is 1. The zero-order valence-electron chi connectivity index (χ0n) is 9.98. The zero-order chi connectivity index (χ0) is 12.7. The SMILES string of the molecule is OC(Cc1cc(Cl)ccc1F)C1CC2CCC1O2. The van der Waals surface area contributed by atoms with Crippen molar-refractivity contribution in [1.29, 1.82) is 0 Å². The minimum absolute atomic E-state index is 0.141. The Balaban J connectivity index is 1.70. The molecule has 3 rings (SSSR count). The number of aliphatic hydroxyl groups is 1. The molecule has 4 heteroatoms. The average Bonchev–Trinajstić information content (AvgIpc) is 2.96. The molecule has 0 saturated carbocycles. The van der Waals surface area contributed by atoms with Crippen LogP contribution >= 0.6 is 11.6 Å². The summed E-state index contributed by atoms with van der Waals surface area (Å²) in [4.78, 5) is 0. The van der Waals surface area contributed by atoms with Crippen LogP contribution < -0.4 is 0 Å². The maximum atomic E-state index is 13.6. The first-order valence-corrected chi connectivity index (χ1v) is 6.79. The molecule has 2 bridgehead atoms. The van der Waals surface area contributed by atoms with Crippen LogP contribution in [-0.2, 0) is 11.2 Å². The predicted octanol–water partition coefficient (Wildman–Crippen LogP) is 2.95. The standard InChI is InChI=1S/C14H16ClFO2/c15-9-1-3-12(16)8(5-9)6-13(17)11-7-10-2-4-14(11)18-10/h1,3,5,10-11,13-14,17H,2,4,6-7H2. The second-order valence-electron chi connectivity index (χ2n) is 5.28. The van der Waals surface area contributed by atoms with Gasteiger partial charge in [-0.2, -0.15) is 0 Å². The molecule has 2 fully saturated rings. The van der Waals surface area contributed by atoms with Gasteiger partial charge in [0, 0.05) is 17.4 Å². The van der Waals surface area contributed by atoms with Crippen LogP contribution in [0.2, 0.25) is 5.02 Å². The molecule has 4 unspecified atom stereocenters. The summed E-state index contributed by atoms with van der Waals surface area (Å²) in [6, 6.07) is 4.46.